The van der Waals surface area contributed by atoms with Gasteiger partial charge in [0.15, 0.2) is 0 Å². The molecule has 0 spiro atoms. The molecule has 1 unspecified atom stereocenters. The van der Waals surface area contributed by atoms with Crippen molar-refractivity contribution in [1.82, 2.24) is 9.78 Å². The molecule has 22 heavy (non-hydrogen) atoms. The van der Waals surface area contributed by atoms with Crippen LogP contribution < -0.4 is 10.2 Å². The van der Waals surface area contributed by atoms with Gasteiger partial charge < -0.3 is 10.2 Å². The highest BCUT2D eigenvalue weighted by Gasteiger charge is 2.33. The van der Waals surface area contributed by atoms with Crippen molar-refractivity contribution in [2.75, 3.05) is 16.8 Å². The van der Waals surface area contributed by atoms with Crippen molar-refractivity contribution in [2.24, 2.45) is 7.05 Å². The largest absolute Gasteiger partial charge is 0.372 e. The first-order chi connectivity index (χ1) is 10.6. The quantitative estimate of drug-likeness (QED) is 0.935. The highest BCUT2D eigenvalue weighted by molar-refractivity contribution is 6.01. The van der Waals surface area contributed by atoms with Crippen molar-refractivity contribution >= 4 is 17.3 Å². The molecule has 1 atom stereocenters. The monoisotopic (exact) mass is 299 g/mol. The topological polar surface area (TPSA) is 73.9 Å². The van der Waals surface area contributed by atoms with Gasteiger partial charge in [0.2, 0.25) is 5.91 Å². The van der Waals surface area contributed by atoms with Crippen LogP contribution in [-0.2, 0) is 11.8 Å². The number of nitrogens with zero attached hydrogens (tertiary/aromatic N) is 4. The normalized spacial score (nSPS) is 17.6. The molecule has 7 heteroatoms. The third-order valence-corrected chi connectivity index (χ3v) is 3.66. The third-order valence-electron chi connectivity index (χ3n) is 3.66. The Morgan fingerprint density at radius 1 is 1.50 bits per heavy atom. The molecule has 1 fully saturated rings. The second kappa shape index (κ2) is 5.48. The molecule has 112 valence electrons. The van der Waals surface area contributed by atoms with Crippen molar-refractivity contribution in [3.63, 3.8) is 0 Å². The molecule has 0 saturated carbocycles. The average Bonchev–Trinajstić information content (AvgIpc) is 3.06. The summed E-state index contributed by atoms with van der Waals surface area (Å²) in [5, 5.41) is 16.1. The van der Waals surface area contributed by atoms with Crippen molar-refractivity contribution in [3.05, 3.63) is 42.0 Å². The lowest BCUT2D eigenvalue weighted by Crippen LogP contribution is -2.33. The van der Waals surface area contributed by atoms with E-state index in [1.165, 1.54) is 12.1 Å². The van der Waals surface area contributed by atoms with E-state index in [2.05, 4.69) is 10.4 Å². The van der Waals surface area contributed by atoms with E-state index in [9.17, 15) is 9.18 Å². The van der Waals surface area contributed by atoms with Gasteiger partial charge in [-0.05, 0) is 18.6 Å². The fraction of sp³-hybridized carbons (Fsp3) is 0.267. The van der Waals surface area contributed by atoms with Gasteiger partial charge in [-0.1, -0.05) is 6.07 Å². The van der Waals surface area contributed by atoms with Crippen molar-refractivity contribution in [3.8, 4) is 6.07 Å². The number of hydrogen-bond acceptors (Lipinski definition) is 4. The first-order valence-electron chi connectivity index (χ1n) is 6.85. The van der Waals surface area contributed by atoms with Gasteiger partial charge in [0.05, 0.1) is 17.6 Å². The summed E-state index contributed by atoms with van der Waals surface area (Å²) in [5.41, 5.74) is 1.00. The number of aromatic nitrogens is 2. The molecule has 1 amide bonds. The fourth-order valence-electron chi connectivity index (χ4n) is 2.56. The molecule has 1 aliphatic heterocycles. The number of nitrogens with one attached hydrogen (secondary N) is 1. The van der Waals surface area contributed by atoms with Gasteiger partial charge >= 0.3 is 0 Å². The maximum atomic E-state index is 13.6. The van der Waals surface area contributed by atoms with E-state index < -0.39 is 11.9 Å². The average molecular weight is 299 g/mol. The molecule has 1 aliphatic rings. The predicted octanol–water partition coefficient (Wildman–Crippen LogP) is 1.65. The summed E-state index contributed by atoms with van der Waals surface area (Å²) < 4.78 is 15.2. The molecule has 0 radical (unpaired) electrons. The zero-order valence-corrected chi connectivity index (χ0v) is 12.0. The van der Waals surface area contributed by atoms with E-state index in [1.807, 2.05) is 6.07 Å². The second-order valence-corrected chi connectivity index (χ2v) is 5.12. The molecule has 0 bridgehead atoms. The molecule has 6 nitrogen and oxygen atoms in total. The van der Waals surface area contributed by atoms with Crippen molar-refractivity contribution in [1.29, 1.82) is 5.26 Å². The molecule has 2 aromatic rings. The molecular weight excluding hydrogens is 285 g/mol. The van der Waals surface area contributed by atoms with E-state index >= 15 is 0 Å². The van der Waals surface area contributed by atoms with E-state index in [-0.39, 0.29) is 11.5 Å². The molecule has 1 aromatic heterocycles. The summed E-state index contributed by atoms with van der Waals surface area (Å²) in [6.45, 7) is 0.555. The number of carbonyl (C=O) groups is 1. The number of anilines is 2. The Morgan fingerprint density at radius 2 is 2.32 bits per heavy atom. The minimum absolute atomic E-state index is 0.0740. The summed E-state index contributed by atoms with van der Waals surface area (Å²) in [6.07, 6.45) is 3.97. The summed E-state index contributed by atoms with van der Waals surface area (Å²) in [7, 11) is 1.78. The van der Waals surface area contributed by atoms with Gasteiger partial charge in [0.1, 0.15) is 23.5 Å². The molecule has 1 aromatic carbocycles. The maximum absolute atomic E-state index is 13.6. The van der Waals surface area contributed by atoms with Crippen LogP contribution in [0.1, 0.15) is 12.0 Å². The lowest BCUT2D eigenvalue weighted by molar-refractivity contribution is -0.117. The number of carbonyl (C=O) groups excluding carboxylic acids is 1. The van der Waals surface area contributed by atoms with E-state index in [0.717, 1.165) is 5.69 Å². The van der Waals surface area contributed by atoms with Crippen LogP contribution in [0.4, 0.5) is 15.8 Å². The van der Waals surface area contributed by atoms with E-state index in [1.54, 1.807) is 35.1 Å². The summed E-state index contributed by atoms with van der Waals surface area (Å²) in [6, 6.07) is 5.68. The van der Waals surface area contributed by atoms with Gasteiger partial charge in [0.25, 0.3) is 0 Å². The predicted molar refractivity (Wildman–Crippen MR) is 78.7 cm³/mol. The van der Waals surface area contributed by atoms with Crippen molar-refractivity contribution in [2.45, 2.75) is 12.5 Å². The first-order valence-corrected chi connectivity index (χ1v) is 6.85. The molecule has 2 heterocycles. The van der Waals surface area contributed by atoms with Gasteiger partial charge in [-0.25, -0.2) is 4.39 Å². The zero-order chi connectivity index (χ0) is 15.7. The lowest BCUT2D eigenvalue weighted by atomic mass is 10.1. The van der Waals surface area contributed by atoms with Crippen LogP contribution >= 0.6 is 0 Å². The lowest BCUT2D eigenvalue weighted by Gasteiger charge is -2.16. The van der Waals surface area contributed by atoms with Crippen LogP contribution in [0.3, 0.4) is 0 Å². The number of halogens is 1. The van der Waals surface area contributed by atoms with Gasteiger partial charge in [-0.3, -0.25) is 9.48 Å². The number of benzene rings is 1. The minimum Gasteiger partial charge on any atom is -0.372 e. The maximum Gasteiger partial charge on any atom is 0.249 e. The van der Waals surface area contributed by atoms with Gasteiger partial charge in [0, 0.05) is 19.8 Å². The van der Waals surface area contributed by atoms with Gasteiger partial charge in [-0.2, -0.15) is 10.4 Å². The molecule has 1 saturated heterocycles. The van der Waals surface area contributed by atoms with Crippen LogP contribution in [0, 0.1) is 17.1 Å². The fourth-order valence-corrected chi connectivity index (χ4v) is 2.56. The van der Waals surface area contributed by atoms with Gasteiger partial charge in [-0.15, -0.1) is 0 Å². The Hall–Kier alpha value is -2.88. The van der Waals surface area contributed by atoms with Crippen LogP contribution in [-0.4, -0.2) is 28.3 Å². The minimum atomic E-state index is -0.595. The van der Waals surface area contributed by atoms with Crippen LogP contribution in [0.25, 0.3) is 0 Å². The van der Waals surface area contributed by atoms with Crippen LogP contribution in [0.5, 0.6) is 0 Å². The van der Waals surface area contributed by atoms with Crippen molar-refractivity contribution < 1.29 is 9.18 Å². The summed E-state index contributed by atoms with van der Waals surface area (Å²) in [5.74, 6) is -0.705. The van der Waals surface area contributed by atoms with Crippen LogP contribution in [0.2, 0.25) is 0 Å². The smallest absolute Gasteiger partial charge is 0.249 e. The molecular formula is C15H14FN5O. The number of aryl methyl sites for hydroxylation is 1. The van der Waals surface area contributed by atoms with E-state index in [4.69, 9.17) is 5.26 Å². The summed E-state index contributed by atoms with van der Waals surface area (Å²) >= 11 is 0. The molecule has 0 aliphatic carbocycles. The Balaban J connectivity index is 1.80. The third kappa shape index (κ3) is 2.39. The SMILES string of the molecule is Cn1cc(N2CCC(Nc3cccc(F)c3C#N)C2=O)cn1. The Kier molecular flexibility index (Phi) is 3.51. The standard InChI is InChI=1S/C15H14FN5O/c1-20-9-10(8-18-20)21-6-5-14(15(21)22)19-13-4-2-3-12(16)11(13)7-17/h2-4,8-9,14,19H,5-6H2,1H3. The Bertz CT molecular complexity index is 764. The Morgan fingerprint density at radius 3 is 3.00 bits per heavy atom. The number of hydrogen-bond donors (Lipinski definition) is 1. The van der Waals surface area contributed by atoms with E-state index in [0.29, 0.717) is 18.7 Å². The zero-order valence-electron chi connectivity index (χ0n) is 12.0. The number of rotatable bonds is 3. The summed E-state index contributed by atoms with van der Waals surface area (Å²) in [4.78, 5) is 14.1. The first kappa shape index (κ1) is 14.1. The molecule has 1 N–H and O–H groups in total. The van der Waals surface area contributed by atoms with Crippen LogP contribution in [0.15, 0.2) is 30.6 Å². The molecule has 3 rings (SSSR count). The highest BCUT2D eigenvalue weighted by atomic mass is 19.1. The Labute approximate surface area is 126 Å². The highest BCUT2D eigenvalue weighted by Crippen LogP contribution is 2.25. The second-order valence-electron chi connectivity index (χ2n) is 5.12. The number of nitriles is 1. The number of amides is 1.